The maximum Gasteiger partial charge on any atom is 0.243 e. The quantitative estimate of drug-likeness (QED) is 0.373. The van der Waals surface area contributed by atoms with Crippen molar-refractivity contribution >= 4 is 46.8 Å². The fourth-order valence-corrected chi connectivity index (χ4v) is 5.00. The van der Waals surface area contributed by atoms with Crippen LogP contribution >= 0.6 is 35.0 Å². The van der Waals surface area contributed by atoms with E-state index < -0.39 is 6.04 Å². The monoisotopic (exact) mass is 508 g/mol. The van der Waals surface area contributed by atoms with E-state index in [1.165, 1.54) is 16.7 Å². The molecule has 0 aliphatic heterocycles. The van der Waals surface area contributed by atoms with Crippen molar-refractivity contribution in [1.29, 1.82) is 0 Å². The van der Waals surface area contributed by atoms with Crippen molar-refractivity contribution in [3.8, 4) is 0 Å². The zero-order valence-electron chi connectivity index (χ0n) is 20.1. The number of hydrogen-bond acceptors (Lipinski definition) is 3. The van der Waals surface area contributed by atoms with Crippen LogP contribution in [0.5, 0.6) is 0 Å². The lowest BCUT2D eigenvalue weighted by Crippen LogP contribution is -2.51. The van der Waals surface area contributed by atoms with E-state index in [1.807, 2.05) is 26.8 Å². The number of nitrogens with zero attached hydrogens (tertiary/aromatic N) is 1. The molecule has 2 amide bonds. The van der Waals surface area contributed by atoms with Gasteiger partial charge in [0, 0.05) is 28.4 Å². The highest BCUT2D eigenvalue weighted by Crippen LogP contribution is 2.25. The van der Waals surface area contributed by atoms with Gasteiger partial charge in [-0.05, 0) is 56.9 Å². The topological polar surface area (TPSA) is 49.4 Å². The zero-order valence-corrected chi connectivity index (χ0v) is 22.4. The number of carbonyl (C=O) groups is 2. The Hall–Kier alpha value is -1.69. The molecule has 0 saturated carbocycles. The Bertz CT molecular complexity index is 947. The number of halogens is 2. The van der Waals surface area contributed by atoms with Crippen molar-refractivity contribution in [2.45, 2.75) is 71.8 Å². The van der Waals surface area contributed by atoms with Crippen LogP contribution in [0.1, 0.15) is 55.9 Å². The zero-order chi connectivity index (χ0) is 24.5. The highest BCUT2D eigenvalue weighted by molar-refractivity contribution is 7.99. The molecule has 0 spiro atoms. The third-order valence-corrected chi connectivity index (χ3v) is 7.09. The fourth-order valence-electron chi connectivity index (χ4n) is 3.69. The molecule has 2 aromatic carbocycles. The highest BCUT2D eigenvalue weighted by Gasteiger charge is 2.29. The Labute approximate surface area is 212 Å². The lowest BCUT2D eigenvalue weighted by molar-refractivity contribution is -0.139. The molecule has 4 nitrogen and oxygen atoms in total. The summed E-state index contributed by atoms with van der Waals surface area (Å²) in [5.41, 5.74) is 4.38. The molecule has 0 bridgehead atoms. The number of nitrogens with one attached hydrogen (secondary N) is 1. The first-order valence-corrected chi connectivity index (χ1v) is 13.2. The molecular weight excluding hydrogens is 475 g/mol. The number of benzene rings is 2. The van der Waals surface area contributed by atoms with Crippen LogP contribution in [-0.2, 0) is 21.9 Å². The van der Waals surface area contributed by atoms with Crippen molar-refractivity contribution in [3.63, 3.8) is 0 Å². The summed E-state index contributed by atoms with van der Waals surface area (Å²) < 4.78 is 0. The van der Waals surface area contributed by atoms with Gasteiger partial charge in [0.1, 0.15) is 6.04 Å². The predicted octanol–water partition coefficient (Wildman–Crippen LogP) is 6.57. The summed E-state index contributed by atoms with van der Waals surface area (Å²) in [5.74, 6) is 0.802. The summed E-state index contributed by atoms with van der Waals surface area (Å²) in [5, 5.41) is 4.05. The van der Waals surface area contributed by atoms with Gasteiger partial charge in [-0.25, -0.2) is 0 Å². The SMILES string of the molecule is CC[C@@H](C)NC(=O)[C@H](CC)N(Cc1ccc(Cl)cc1Cl)C(=O)CSCc1cc(C)cc(C)c1. The van der Waals surface area contributed by atoms with E-state index in [1.54, 1.807) is 28.8 Å². The minimum atomic E-state index is -0.569. The predicted molar refractivity (Wildman–Crippen MR) is 141 cm³/mol. The molecule has 33 heavy (non-hydrogen) atoms. The van der Waals surface area contributed by atoms with Crippen molar-refractivity contribution in [3.05, 3.63) is 68.7 Å². The van der Waals surface area contributed by atoms with Gasteiger partial charge in [0.25, 0.3) is 0 Å². The van der Waals surface area contributed by atoms with Crippen LogP contribution in [0, 0.1) is 13.8 Å². The average Bonchev–Trinajstić information content (AvgIpc) is 2.74. The standard InChI is InChI=1S/C26H34Cl2N2O2S/c1-6-19(5)29-26(32)24(7-2)30(14-21-8-9-22(27)13-23(21)28)25(31)16-33-15-20-11-17(3)10-18(4)12-20/h8-13,19,24H,6-7,14-16H2,1-5H3,(H,29,32)/t19-,24+/m1/s1. The van der Waals surface area contributed by atoms with Crippen LogP contribution < -0.4 is 5.32 Å². The van der Waals surface area contributed by atoms with Gasteiger partial charge in [-0.15, -0.1) is 11.8 Å². The van der Waals surface area contributed by atoms with Crippen LogP contribution in [0.4, 0.5) is 0 Å². The number of rotatable bonds is 11. The summed E-state index contributed by atoms with van der Waals surface area (Å²) in [6.45, 7) is 10.3. The Kier molecular flexibility index (Phi) is 11.1. The molecule has 0 aliphatic carbocycles. The first-order chi connectivity index (χ1) is 15.6. The molecule has 0 aromatic heterocycles. The maximum absolute atomic E-state index is 13.4. The van der Waals surface area contributed by atoms with Crippen LogP contribution in [0.2, 0.25) is 10.0 Å². The number of thioether (sulfide) groups is 1. The first-order valence-electron chi connectivity index (χ1n) is 11.3. The van der Waals surface area contributed by atoms with Gasteiger partial charge < -0.3 is 10.2 Å². The number of hydrogen-bond donors (Lipinski definition) is 1. The molecule has 0 saturated heterocycles. The maximum atomic E-state index is 13.4. The van der Waals surface area contributed by atoms with E-state index >= 15 is 0 Å². The van der Waals surface area contributed by atoms with Gasteiger partial charge in [0.2, 0.25) is 11.8 Å². The minimum Gasteiger partial charge on any atom is -0.352 e. The smallest absolute Gasteiger partial charge is 0.243 e. The fraction of sp³-hybridized carbons (Fsp3) is 0.462. The lowest BCUT2D eigenvalue weighted by atomic mass is 10.1. The Balaban J connectivity index is 2.20. The second kappa shape index (κ2) is 13.3. The molecule has 0 aliphatic rings. The molecule has 2 aromatic rings. The van der Waals surface area contributed by atoms with Crippen LogP contribution in [-0.4, -0.2) is 34.6 Å². The molecule has 2 atom stereocenters. The minimum absolute atomic E-state index is 0.0431. The van der Waals surface area contributed by atoms with Crippen molar-refractivity contribution in [2.75, 3.05) is 5.75 Å². The first kappa shape index (κ1) is 27.6. The summed E-state index contributed by atoms with van der Waals surface area (Å²) in [4.78, 5) is 28.0. The summed E-state index contributed by atoms with van der Waals surface area (Å²) in [6.07, 6.45) is 1.34. The molecular formula is C26H34Cl2N2O2S. The van der Waals surface area contributed by atoms with Gasteiger partial charge in [-0.2, -0.15) is 0 Å². The lowest BCUT2D eigenvalue weighted by Gasteiger charge is -2.31. The van der Waals surface area contributed by atoms with Crippen molar-refractivity contribution in [2.24, 2.45) is 0 Å². The van der Waals surface area contributed by atoms with Gasteiger partial charge in [-0.1, -0.05) is 72.4 Å². The summed E-state index contributed by atoms with van der Waals surface area (Å²) in [6, 6.07) is 11.1. The van der Waals surface area contributed by atoms with E-state index in [9.17, 15) is 9.59 Å². The Morgan fingerprint density at radius 3 is 2.27 bits per heavy atom. The highest BCUT2D eigenvalue weighted by atomic mass is 35.5. The van der Waals surface area contributed by atoms with Crippen molar-refractivity contribution < 1.29 is 9.59 Å². The van der Waals surface area contributed by atoms with Crippen LogP contribution in [0.15, 0.2) is 36.4 Å². The molecule has 0 unspecified atom stereocenters. The van der Waals surface area contributed by atoms with E-state index in [4.69, 9.17) is 23.2 Å². The Morgan fingerprint density at radius 2 is 1.70 bits per heavy atom. The summed E-state index contributed by atoms with van der Waals surface area (Å²) in [7, 11) is 0. The number of aryl methyl sites for hydroxylation is 2. The molecule has 0 fully saturated rings. The van der Waals surface area contributed by atoms with E-state index in [0.717, 1.165) is 17.7 Å². The van der Waals surface area contributed by atoms with Gasteiger partial charge >= 0.3 is 0 Å². The molecule has 0 radical (unpaired) electrons. The van der Waals surface area contributed by atoms with Crippen LogP contribution in [0.3, 0.4) is 0 Å². The second-order valence-corrected chi connectivity index (χ2v) is 10.3. The van der Waals surface area contributed by atoms with Gasteiger partial charge in [-0.3, -0.25) is 9.59 Å². The molecule has 1 N–H and O–H groups in total. The van der Waals surface area contributed by atoms with E-state index in [-0.39, 0.29) is 30.2 Å². The molecule has 7 heteroatoms. The van der Waals surface area contributed by atoms with E-state index in [2.05, 4.69) is 37.4 Å². The third kappa shape index (κ3) is 8.55. The third-order valence-electron chi connectivity index (χ3n) is 5.52. The second-order valence-electron chi connectivity index (χ2n) is 8.49. The normalized spacial score (nSPS) is 12.8. The molecule has 180 valence electrons. The van der Waals surface area contributed by atoms with Gasteiger partial charge in [0.05, 0.1) is 5.75 Å². The molecule has 0 heterocycles. The molecule has 2 rings (SSSR count). The van der Waals surface area contributed by atoms with E-state index in [0.29, 0.717) is 16.5 Å². The largest absolute Gasteiger partial charge is 0.352 e. The average molecular weight is 510 g/mol. The number of amides is 2. The summed E-state index contributed by atoms with van der Waals surface area (Å²) >= 11 is 14.0. The Morgan fingerprint density at radius 1 is 1.03 bits per heavy atom. The van der Waals surface area contributed by atoms with Crippen LogP contribution in [0.25, 0.3) is 0 Å². The van der Waals surface area contributed by atoms with Gasteiger partial charge in [0.15, 0.2) is 0 Å². The van der Waals surface area contributed by atoms with Crippen molar-refractivity contribution in [1.82, 2.24) is 10.2 Å². The number of carbonyl (C=O) groups excluding carboxylic acids is 2.